The average Bonchev–Trinajstić information content (AvgIpc) is 3.08. The molecule has 1 saturated carbocycles. The number of rotatable bonds is 3. The molecule has 4 nitrogen and oxygen atoms in total. The van der Waals surface area contributed by atoms with E-state index in [0.29, 0.717) is 11.0 Å². The number of carbonyl (C=O) groups is 1. The smallest absolute Gasteiger partial charge is 0.254 e. The van der Waals surface area contributed by atoms with Crippen LogP contribution in [0.15, 0.2) is 0 Å². The lowest BCUT2D eigenvalue weighted by Crippen LogP contribution is -2.31. The SMILES string of the molecule is CCN1CCc2c(sc(N)c2C(=O)NC2CC2)C1. The van der Waals surface area contributed by atoms with Crippen molar-refractivity contribution in [2.45, 2.75) is 38.8 Å². The van der Waals surface area contributed by atoms with E-state index in [0.717, 1.165) is 44.5 Å². The van der Waals surface area contributed by atoms with Gasteiger partial charge in [0.2, 0.25) is 0 Å². The van der Waals surface area contributed by atoms with Crippen LogP contribution in [0.2, 0.25) is 0 Å². The first-order chi connectivity index (χ1) is 8.69. The molecule has 2 heterocycles. The van der Waals surface area contributed by atoms with Crippen LogP contribution < -0.4 is 11.1 Å². The highest BCUT2D eigenvalue weighted by atomic mass is 32.1. The van der Waals surface area contributed by atoms with Crippen molar-refractivity contribution in [3.05, 3.63) is 16.0 Å². The molecular formula is C13H19N3OS. The van der Waals surface area contributed by atoms with Gasteiger partial charge in [0.25, 0.3) is 5.91 Å². The molecule has 3 rings (SSSR count). The monoisotopic (exact) mass is 265 g/mol. The van der Waals surface area contributed by atoms with Gasteiger partial charge in [0.15, 0.2) is 0 Å². The fourth-order valence-electron chi connectivity index (χ4n) is 2.48. The van der Waals surface area contributed by atoms with E-state index >= 15 is 0 Å². The van der Waals surface area contributed by atoms with E-state index in [9.17, 15) is 4.79 Å². The minimum atomic E-state index is 0.0393. The number of hydrogen-bond donors (Lipinski definition) is 2. The fraction of sp³-hybridized carbons (Fsp3) is 0.615. The zero-order chi connectivity index (χ0) is 12.7. The molecule has 2 aliphatic rings. The maximum absolute atomic E-state index is 12.2. The third kappa shape index (κ3) is 2.12. The highest BCUT2D eigenvalue weighted by Gasteiger charge is 2.30. The van der Waals surface area contributed by atoms with Crippen LogP contribution in [-0.2, 0) is 13.0 Å². The van der Waals surface area contributed by atoms with Crippen LogP contribution in [0, 0.1) is 0 Å². The number of fused-ring (bicyclic) bond motifs is 1. The van der Waals surface area contributed by atoms with E-state index in [2.05, 4.69) is 17.1 Å². The summed E-state index contributed by atoms with van der Waals surface area (Å²) in [5, 5.41) is 3.74. The molecule has 0 unspecified atom stereocenters. The summed E-state index contributed by atoms with van der Waals surface area (Å²) in [7, 11) is 0. The predicted molar refractivity (Wildman–Crippen MR) is 73.9 cm³/mol. The number of nitrogens with zero attached hydrogens (tertiary/aromatic N) is 1. The average molecular weight is 265 g/mol. The van der Waals surface area contributed by atoms with Gasteiger partial charge < -0.3 is 11.1 Å². The second-order valence-corrected chi connectivity index (χ2v) is 6.25. The molecule has 0 radical (unpaired) electrons. The molecule has 1 aliphatic heterocycles. The lowest BCUT2D eigenvalue weighted by molar-refractivity contribution is 0.0950. The van der Waals surface area contributed by atoms with E-state index < -0.39 is 0 Å². The Labute approximate surface area is 111 Å². The first-order valence-electron chi connectivity index (χ1n) is 6.62. The third-order valence-corrected chi connectivity index (χ3v) is 4.80. The van der Waals surface area contributed by atoms with Crippen LogP contribution in [-0.4, -0.2) is 29.9 Å². The molecule has 98 valence electrons. The Kier molecular flexibility index (Phi) is 3.03. The van der Waals surface area contributed by atoms with Gasteiger partial charge in [-0.25, -0.2) is 0 Å². The maximum Gasteiger partial charge on any atom is 0.254 e. The molecule has 1 amide bonds. The molecule has 1 aromatic heterocycles. The molecule has 3 N–H and O–H groups in total. The van der Waals surface area contributed by atoms with E-state index in [1.807, 2.05) is 0 Å². The number of amides is 1. The lowest BCUT2D eigenvalue weighted by Gasteiger charge is -2.25. The second-order valence-electron chi connectivity index (χ2n) is 5.11. The standard InChI is InChI=1S/C13H19N3OS/c1-2-16-6-5-9-10(7-16)18-12(14)11(9)13(17)15-8-3-4-8/h8H,2-7,14H2,1H3,(H,15,17). The summed E-state index contributed by atoms with van der Waals surface area (Å²) in [5.41, 5.74) is 8.00. The molecule has 0 spiro atoms. The van der Waals surface area contributed by atoms with Crippen molar-refractivity contribution >= 4 is 22.2 Å². The van der Waals surface area contributed by atoms with Crippen molar-refractivity contribution in [2.24, 2.45) is 0 Å². The van der Waals surface area contributed by atoms with Crippen LogP contribution in [0.3, 0.4) is 0 Å². The molecule has 0 saturated heterocycles. The van der Waals surface area contributed by atoms with Crippen molar-refractivity contribution in [2.75, 3.05) is 18.8 Å². The highest BCUT2D eigenvalue weighted by molar-refractivity contribution is 7.16. The van der Waals surface area contributed by atoms with Gasteiger partial charge in [-0.1, -0.05) is 6.92 Å². The Balaban J connectivity index is 1.86. The summed E-state index contributed by atoms with van der Waals surface area (Å²) >= 11 is 1.59. The molecule has 0 bridgehead atoms. The lowest BCUT2D eigenvalue weighted by atomic mass is 10.0. The maximum atomic E-state index is 12.2. The Morgan fingerprint density at radius 2 is 2.33 bits per heavy atom. The van der Waals surface area contributed by atoms with Gasteiger partial charge in [0, 0.05) is 24.0 Å². The minimum absolute atomic E-state index is 0.0393. The fourth-order valence-corrected chi connectivity index (χ4v) is 3.64. The summed E-state index contributed by atoms with van der Waals surface area (Å²) in [5.74, 6) is 0.0393. The highest BCUT2D eigenvalue weighted by Crippen LogP contribution is 2.35. The van der Waals surface area contributed by atoms with Gasteiger partial charge >= 0.3 is 0 Å². The largest absolute Gasteiger partial charge is 0.390 e. The summed E-state index contributed by atoms with van der Waals surface area (Å²) in [6.45, 7) is 5.20. The molecule has 0 atom stereocenters. The van der Waals surface area contributed by atoms with Crippen molar-refractivity contribution in [3.8, 4) is 0 Å². The van der Waals surface area contributed by atoms with E-state index in [4.69, 9.17) is 5.73 Å². The number of carbonyl (C=O) groups excluding carboxylic acids is 1. The molecule has 18 heavy (non-hydrogen) atoms. The van der Waals surface area contributed by atoms with Gasteiger partial charge in [-0.15, -0.1) is 11.3 Å². The van der Waals surface area contributed by atoms with Gasteiger partial charge in [0.05, 0.1) is 10.6 Å². The molecule has 5 heteroatoms. The first kappa shape index (κ1) is 12.0. The molecular weight excluding hydrogens is 246 g/mol. The zero-order valence-electron chi connectivity index (χ0n) is 10.7. The number of nitrogen functional groups attached to an aromatic ring is 1. The Morgan fingerprint density at radius 1 is 1.56 bits per heavy atom. The molecule has 1 fully saturated rings. The van der Waals surface area contributed by atoms with Crippen LogP contribution in [0.5, 0.6) is 0 Å². The van der Waals surface area contributed by atoms with Crippen LogP contribution in [0.1, 0.15) is 40.6 Å². The van der Waals surface area contributed by atoms with Crippen LogP contribution in [0.4, 0.5) is 5.00 Å². The minimum Gasteiger partial charge on any atom is -0.390 e. The summed E-state index contributed by atoms with van der Waals surface area (Å²) in [6.07, 6.45) is 3.17. The summed E-state index contributed by atoms with van der Waals surface area (Å²) in [4.78, 5) is 15.9. The third-order valence-electron chi connectivity index (χ3n) is 3.75. The van der Waals surface area contributed by atoms with Crippen LogP contribution >= 0.6 is 11.3 Å². The zero-order valence-corrected chi connectivity index (χ0v) is 11.5. The quantitative estimate of drug-likeness (QED) is 0.873. The van der Waals surface area contributed by atoms with E-state index in [1.54, 1.807) is 11.3 Å². The van der Waals surface area contributed by atoms with Gasteiger partial charge in [-0.2, -0.15) is 0 Å². The number of likely N-dealkylation sites (N-methyl/N-ethyl adjacent to an activating group) is 1. The topological polar surface area (TPSA) is 58.4 Å². The van der Waals surface area contributed by atoms with Crippen molar-refractivity contribution < 1.29 is 4.79 Å². The van der Waals surface area contributed by atoms with Gasteiger partial charge in [-0.3, -0.25) is 9.69 Å². The van der Waals surface area contributed by atoms with Gasteiger partial charge in [-0.05, 0) is 31.4 Å². The van der Waals surface area contributed by atoms with E-state index in [1.165, 1.54) is 10.4 Å². The van der Waals surface area contributed by atoms with Crippen molar-refractivity contribution in [1.29, 1.82) is 0 Å². The summed E-state index contributed by atoms with van der Waals surface area (Å²) < 4.78 is 0. The number of nitrogens with one attached hydrogen (secondary N) is 1. The predicted octanol–water partition coefficient (Wildman–Crippen LogP) is 1.60. The van der Waals surface area contributed by atoms with E-state index in [-0.39, 0.29) is 5.91 Å². The second kappa shape index (κ2) is 4.55. The summed E-state index contributed by atoms with van der Waals surface area (Å²) in [6, 6.07) is 0.392. The van der Waals surface area contributed by atoms with Crippen LogP contribution in [0.25, 0.3) is 0 Å². The Bertz CT molecular complexity index is 479. The Hall–Kier alpha value is -1.07. The number of anilines is 1. The van der Waals surface area contributed by atoms with Crippen molar-refractivity contribution in [3.63, 3.8) is 0 Å². The first-order valence-corrected chi connectivity index (χ1v) is 7.44. The molecule has 0 aromatic carbocycles. The number of thiophene rings is 1. The normalized spacial score (nSPS) is 19.6. The molecule has 1 aromatic rings. The van der Waals surface area contributed by atoms with Crippen molar-refractivity contribution in [1.82, 2.24) is 10.2 Å². The number of hydrogen-bond acceptors (Lipinski definition) is 4. The van der Waals surface area contributed by atoms with Gasteiger partial charge in [0.1, 0.15) is 0 Å². The number of nitrogens with two attached hydrogens (primary N) is 1. The Morgan fingerprint density at radius 3 is 3.00 bits per heavy atom. The molecule has 1 aliphatic carbocycles.